The van der Waals surface area contributed by atoms with Gasteiger partial charge in [0.2, 0.25) is 5.91 Å². The number of hydrogen-bond acceptors (Lipinski definition) is 2. The van der Waals surface area contributed by atoms with Gasteiger partial charge in [-0.2, -0.15) is 0 Å². The second-order valence-corrected chi connectivity index (χ2v) is 3.93. The molecule has 1 aliphatic rings. The Balaban J connectivity index is 2.12. The SMILES string of the molecule is Cc1cc(C2CC(=O)N2)cs1. The number of nitrogens with one attached hydrogen (secondary N) is 1. The van der Waals surface area contributed by atoms with E-state index in [1.165, 1.54) is 10.4 Å². The summed E-state index contributed by atoms with van der Waals surface area (Å²) in [7, 11) is 0. The lowest BCUT2D eigenvalue weighted by Crippen LogP contribution is -2.41. The smallest absolute Gasteiger partial charge is 0.222 e. The molecule has 0 radical (unpaired) electrons. The predicted octanol–water partition coefficient (Wildman–Crippen LogP) is 1.62. The summed E-state index contributed by atoms with van der Waals surface area (Å²) in [5.41, 5.74) is 1.26. The van der Waals surface area contributed by atoms with E-state index < -0.39 is 0 Å². The lowest BCUT2D eigenvalue weighted by Gasteiger charge is -2.25. The fourth-order valence-corrected chi connectivity index (χ4v) is 1.96. The first kappa shape index (κ1) is 6.85. The normalized spacial score (nSPS) is 22.6. The maximum Gasteiger partial charge on any atom is 0.222 e. The first-order valence-corrected chi connectivity index (χ1v) is 4.48. The van der Waals surface area contributed by atoms with Crippen molar-refractivity contribution in [3.63, 3.8) is 0 Å². The van der Waals surface area contributed by atoms with Gasteiger partial charge in [0.1, 0.15) is 0 Å². The Morgan fingerprint density at radius 1 is 1.73 bits per heavy atom. The second-order valence-electron chi connectivity index (χ2n) is 2.81. The van der Waals surface area contributed by atoms with E-state index in [0.29, 0.717) is 12.5 Å². The summed E-state index contributed by atoms with van der Waals surface area (Å²) < 4.78 is 0. The maximum absolute atomic E-state index is 10.6. The highest BCUT2D eigenvalue weighted by Gasteiger charge is 2.26. The van der Waals surface area contributed by atoms with Crippen molar-refractivity contribution in [1.29, 1.82) is 0 Å². The molecule has 0 aromatic carbocycles. The highest BCUT2D eigenvalue weighted by atomic mass is 32.1. The average Bonchev–Trinajstić information content (AvgIpc) is 2.29. The third-order valence-electron chi connectivity index (χ3n) is 1.88. The second kappa shape index (κ2) is 2.34. The van der Waals surface area contributed by atoms with Crippen LogP contribution in [0.3, 0.4) is 0 Å². The number of thiophene rings is 1. The molecule has 0 saturated carbocycles. The molecule has 2 heterocycles. The number of aryl methyl sites for hydroxylation is 1. The molecule has 0 bridgehead atoms. The molecule has 1 fully saturated rings. The summed E-state index contributed by atoms with van der Waals surface area (Å²) in [4.78, 5) is 11.9. The van der Waals surface area contributed by atoms with Gasteiger partial charge in [0, 0.05) is 4.88 Å². The van der Waals surface area contributed by atoms with Crippen LogP contribution >= 0.6 is 11.3 Å². The van der Waals surface area contributed by atoms with Gasteiger partial charge in [0.05, 0.1) is 12.5 Å². The molecule has 0 aliphatic carbocycles. The van der Waals surface area contributed by atoms with E-state index in [4.69, 9.17) is 0 Å². The van der Waals surface area contributed by atoms with Gasteiger partial charge in [0.25, 0.3) is 0 Å². The van der Waals surface area contributed by atoms with Gasteiger partial charge >= 0.3 is 0 Å². The van der Waals surface area contributed by atoms with Gasteiger partial charge in [-0.1, -0.05) is 0 Å². The molecule has 1 saturated heterocycles. The first-order chi connectivity index (χ1) is 5.25. The van der Waals surface area contributed by atoms with Crippen molar-refractivity contribution in [3.05, 3.63) is 21.9 Å². The Labute approximate surface area is 69.2 Å². The van der Waals surface area contributed by atoms with E-state index in [2.05, 4.69) is 23.7 Å². The molecular formula is C8H9NOS. The number of hydrogen-bond donors (Lipinski definition) is 1. The van der Waals surface area contributed by atoms with Gasteiger partial charge in [0.15, 0.2) is 0 Å². The molecule has 1 unspecified atom stereocenters. The minimum Gasteiger partial charge on any atom is -0.349 e. The number of carbonyl (C=O) groups is 1. The summed E-state index contributed by atoms with van der Waals surface area (Å²) in [5.74, 6) is 0.166. The highest BCUT2D eigenvalue weighted by Crippen LogP contribution is 2.27. The van der Waals surface area contributed by atoms with Crippen LogP contribution in [0.1, 0.15) is 22.9 Å². The molecule has 1 atom stereocenters. The van der Waals surface area contributed by atoms with Crippen LogP contribution in [0.5, 0.6) is 0 Å². The number of rotatable bonds is 1. The molecule has 0 spiro atoms. The van der Waals surface area contributed by atoms with Crippen molar-refractivity contribution < 1.29 is 4.79 Å². The minimum absolute atomic E-state index is 0.166. The third kappa shape index (κ3) is 1.16. The largest absolute Gasteiger partial charge is 0.349 e. The van der Waals surface area contributed by atoms with Crippen molar-refractivity contribution in [2.45, 2.75) is 19.4 Å². The fourth-order valence-electron chi connectivity index (χ4n) is 1.21. The standard InChI is InChI=1S/C8H9NOS/c1-5-2-6(4-11-5)7-3-8(10)9-7/h2,4,7H,3H2,1H3,(H,9,10). The Morgan fingerprint density at radius 2 is 2.45 bits per heavy atom. The van der Waals surface area contributed by atoms with E-state index in [1.54, 1.807) is 11.3 Å². The number of β-lactam (4-membered cyclic amide) rings is 1. The molecule has 2 rings (SSSR count). The van der Waals surface area contributed by atoms with Gasteiger partial charge in [-0.25, -0.2) is 0 Å². The van der Waals surface area contributed by atoms with E-state index in [0.717, 1.165) is 0 Å². The zero-order chi connectivity index (χ0) is 7.84. The summed E-state index contributed by atoms with van der Waals surface area (Å²) in [6.07, 6.45) is 0.663. The molecule has 1 aliphatic heterocycles. The van der Waals surface area contributed by atoms with Crippen molar-refractivity contribution >= 4 is 17.2 Å². The van der Waals surface area contributed by atoms with Crippen molar-refractivity contribution in [1.82, 2.24) is 5.32 Å². The Hall–Kier alpha value is -0.830. The summed E-state index contributed by atoms with van der Waals surface area (Å²) in [6, 6.07) is 2.43. The molecule has 3 heteroatoms. The van der Waals surface area contributed by atoms with E-state index in [-0.39, 0.29) is 5.91 Å². The molecule has 1 aromatic rings. The van der Waals surface area contributed by atoms with Gasteiger partial charge in [-0.3, -0.25) is 4.79 Å². The Kier molecular flexibility index (Phi) is 1.46. The van der Waals surface area contributed by atoms with Crippen molar-refractivity contribution in [2.75, 3.05) is 0 Å². The topological polar surface area (TPSA) is 29.1 Å². The molecule has 2 nitrogen and oxygen atoms in total. The summed E-state index contributed by atoms with van der Waals surface area (Å²) in [6.45, 7) is 2.08. The van der Waals surface area contributed by atoms with Crippen LogP contribution in [0.2, 0.25) is 0 Å². The van der Waals surface area contributed by atoms with E-state index in [9.17, 15) is 4.79 Å². The molecule has 1 aromatic heterocycles. The van der Waals surface area contributed by atoms with Gasteiger partial charge < -0.3 is 5.32 Å². The summed E-state index contributed by atoms with van der Waals surface area (Å²) in [5, 5.41) is 4.95. The molecule has 1 amide bonds. The van der Waals surface area contributed by atoms with E-state index in [1.807, 2.05) is 0 Å². The molecule has 11 heavy (non-hydrogen) atoms. The van der Waals surface area contributed by atoms with Crippen LogP contribution in [0.25, 0.3) is 0 Å². The average molecular weight is 167 g/mol. The van der Waals surface area contributed by atoms with Crippen molar-refractivity contribution in [2.24, 2.45) is 0 Å². The third-order valence-corrected chi connectivity index (χ3v) is 2.76. The lowest BCUT2D eigenvalue weighted by molar-refractivity contribution is -0.128. The van der Waals surface area contributed by atoms with Crippen molar-refractivity contribution in [3.8, 4) is 0 Å². The maximum atomic E-state index is 10.6. The zero-order valence-corrected chi connectivity index (χ0v) is 7.07. The Morgan fingerprint density at radius 3 is 2.91 bits per heavy atom. The van der Waals surface area contributed by atoms with E-state index >= 15 is 0 Å². The number of carbonyl (C=O) groups excluding carboxylic acids is 1. The molecular weight excluding hydrogens is 158 g/mol. The monoisotopic (exact) mass is 167 g/mol. The van der Waals surface area contributed by atoms with Crippen LogP contribution in [0.4, 0.5) is 0 Å². The zero-order valence-electron chi connectivity index (χ0n) is 6.26. The number of amides is 1. The molecule has 1 N–H and O–H groups in total. The first-order valence-electron chi connectivity index (χ1n) is 3.60. The Bertz CT molecular complexity index is 284. The fraction of sp³-hybridized carbons (Fsp3) is 0.375. The predicted molar refractivity (Wildman–Crippen MR) is 44.6 cm³/mol. The molecule has 58 valence electrons. The summed E-state index contributed by atoms with van der Waals surface area (Å²) >= 11 is 1.73. The van der Waals surface area contributed by atoms with Crippen LogP contribution in [-0.2, 0) is 4.79 Å². The van der Waals surface area contributed by atoms with Gasteiger partial charge in [-0.15, -0.1) is 11.3 Å². The quantitative estimate of drug-likeness (QED) is 0.633. The minimum atomic E-state index is 0.166. The van der Waals surface area contributed by atoms with Crippen LogP contribution in [0.15, 0.2) is 11.4 Å². The van der Waals surface area contributed by atoms with Crippen LogP contribution in [0, 0.1) is 6.92 Å². The highest BCUT2D eigenvalue weighted by molar-refractivity contribution is 7.10. The van der Waals surface area contributed by atoms with Gasteiger partial charge in [-0.05, 0) is 23.9 Å². The van der Waals surface area contributed by atoms with Crippen LogP contribution in [-0.4, -0.2) is 5.91 Å². The van der Waals surface area contributed by atoms with Crippen LogP contribution < -0.4 is 5.32 Å². The lowest BCUT2D eigenvalue weighted by atomic mass is 10.00.